The molecule has 1 aliphatic carbocycles. The molecule has 3 fully saturated rings. The molecular formula is C32H32FN3O4S. The molecule has 0 radical (unpaired) electrons. The molecule has 2 saturated heterocycles. The van der Waals surface area contributed by atoms with Crippen LogP contribution in [0.2, 0.25) is 0 Å². The number of esters is 1. The lowest BCUT2D eigenvalue weighted by atomic mass is 9.99. The molecule has 1 saturated carbocycles. The van der Waals surface area contributed by atoms with Crippen molar-refractivity contribution in [2.75, 3.05) is 12.0 Å². The van der Waals surface area contributed by atoms with Crippen LogP contribution in [0, 0.1) is 12.7 Å². The number of rotatable bonds is 8. The van der Waals surface area contributed by atoms with E-state index in [0.29, 0.717) is 35.9 Å². The number of methoxy groups -OCH3 is 1. The Kier molecular flexibility index (Phi) is 6.87. The van der Waals surface area contributed by atoms with Gasteiger partial charge < -0.3 is 18.9 Å². The highest BCUT2D eigenvalue weighted by Crippen LogP contribution is 2.46. The number of carbonyl (C=O) groups is 1. The number of hydrogen-bond acceptors (Lipinski definition) is 8. The number of benzene rings is 2. The molecule has 0 N–H and O–H groups in total. The Balaban J connectivity index is 1.05. The van der Waals surface area contributed by atoms with E-state index in [2.05, 4.69) is 29.1 Å². The van der Waals surface area contributed by atoms with Crippen molar-refractivity contribution in [3.63, 3.8) is 0 Å². The normalized spacial score (nSPS) is 21.8. The second-order valence-corrected chi connectivity index (χ2v) is 12.2. The minimum Gasteiger partial charge on any atom is -0.465 e. The first-order valence-electron chi connectivity index (χ1n) is 14.3. The van der Waals surface area contributed by atoms with E-state index in [1.165, 1.54) is 18.7 Å². The molecule has 2 bridgehead atoms. The summed E-state index contributed by atoms with van der Waals surface area (Å²) in [6.07, 6.45) is 6.49. The number of thiazole rings is 1. The average molecular weight is 574 g/mol. The van der Waals surface area contributed by atoms with E-state index < -0.39 is 11.8 Å². The van der Waals surface area contributed by atoms with E-state index in [1.54, 1.807) is 23.5 Å². The molecule has 7 nitrogen and oxygen atoms in total. The van der Waals surface area contributed by atoms with Crippen LogP contribution in [0.5, 0.6) is 0 Å². The van der Waals surface area contributed by atoms with Gasteiger partial charge >= 0.3 is 5.97 Å². The number of nitrogens with zero attached hydrogens (tertiary/aromatic N) is 3. The fourth-order valence-electron chi connectivity index (χ4n) is 6.43. The molecule has 2 aromatic carbocycles. The molecule has 0 amide bonds. The molecule has 2 aliphatic heterocycles. The molecule has 4 aromatic rings. The third-order valence-electron chi connectivity index (χ3n) is 8.70. The summed E-state index contributed by atoms with van der Waals surface area (Å²) >= 11 is 1.54. The summed E-state index contributed by atoms with van der Waals surface area (Å²) in [5.41, 5.74) is 5.45. The van der Waals surface area contributed by atoms with Crippen molar-refractivity contribution in [3.05, 3.63) is 76.1 Å². The summed E-state index contributed by atoms with van der Waals surface area (Å²) in [6, 6.07) is 13.4. The quantitative estimate of drug-likeness (QED) is 0.205. The number of piperidine rings is 1. The van der Waals surface area contributed by atoms with Crippen LogP contribution in [0.1, 0.15) is 71.7 Å². The molecule has 1 unspecified atom stereocenters. The Labute approximate surface area is 242 Å². The van der Waals surface area contributed by atoms with Gasteiger partial charge in [-0.2, -0.15) is 0 Å². The maximum Gasteiger partial charge on any atom is 0.337 e. The van der Waals surface area contributed by atoms with Crippen molar-refractivity contribution in [1.29, 1.82) is 0 Å². The second-order valence-electron chi connectivity index (χ2n) is 11.4. The van der Waals surface area contributed by atoms with Gasteiger partial charge in [0.2, 0.25) is 0 Å². The van der Waals surface area contributed by atoms with Crippen LogP contribution >= 0.6 is 11.3 Å². The lowest BCUT2D eigenvalue weighted by Crippen LogP contribution is -2.45. The summed E-state index contributed by atoms with van der Waals surface area (Å²) in [5.74, 6) is 0.405. The summed E-state index contributed by atoms with van der Waals surface area (Å²) in [6.45, 7) is 2.61. The van der Waals surface area contributed by atoms with E-state index in [9.17, 15) is 9.18 Å². The van der Waals surface area contributed by atoms with Gasteiger partial charge in [-0.05, 0) is 69.2 Å². The lowest BCUT2D eigenvalue weighted by molar-refractivity contribution is 0.0147. The van der Waals surface area contributed by atoms with Gasteiger partial charge in [0, 0.05) is 40.1 Å². The zero-order valence-electron chi connectivity index (χ0n) is 23.1. The predicted molar refractivity (Wildman–Crippen MR) is 155 cm³/mol. The Morgan fingerprint density at radius 2 is 1.88 bits per heavy atom. The average Bonchev–Trinajstić information content (AvgIpc) is 3.45. The van der Waals surface area contributed by atoms with Crippen LogP contribution in [-0.2, 0) is 16.1 Å². The van der Waals surface area contributed by atoms with Crippen molar-refractivity contribution >= 4 is 22.4 Å². The summed E-state index contributed by atoms with van der Waals surface area (Å²) < 4.78 is 32.0. The van der Waals surface area contributed by atoms with Gasteiger partial charge in [0.1, 0.15) is 17.3 Å². The number of halogens is 1. The molecule has 4 heterocycles. The van der Waals surface area contributed by atoms with Gasteiger partial charge in [0.25, 0.3) is 0 Å². The molecule has 3 aliphatic rings. The largest absolute Gasteiger partial charge is 0.465 e. The van der Waals surface area contributed by atoms with Crippen LogP contribution in [-0.4, -0.2) is 41.4 Å². The Morgan fingerprint density at radius 3 is 2.59 bits per heavy atom. The third kappa shape index (κ3) is 4.95. The van der Waals surface area contributed by atoms with E-state index in [1.807, 2.05) is 17.5 Å². The Morgan fingerprint density at radius 1 is 1.10 bits per heavy atom. The van der Waals surface area contributed by atoms with Crippen LogP contribution in [0.4, 0.5) is 9.52 Å². The third-order valence-corrected chi connectivity index (χ3v) is 9.55. The first-order chi connectivity index (χ1) is 20.0. The van der Waals surface area contributed by atoms with Crippen molar-refractivity contribution in [2.24, 2.45) is 0 Å². The minimum atomic E-state index is -0.560. The standard InChI is InChI=1S/C32H32FN3O4S/c1-18-5-3-4-6-24(18)29-26(30(40-35-29)19-7-8-19)16-39-23-14-21-10-11-22(15-23)36(21)32-34-28(17-41-32)25-12-9-20(13-27(25)33)31(37)38-2/h3-6,9,12-13,17,19,21-23H,7-8,10-11,14-16H2,1-2H3/t21-,22+,23?. The highest BCUT2D eigenvalue weighted by molar-refractivity contribution is 7.14. The number of aryl methyl sites for hydroxylation is 1. The first kappa shape index (κ1) is 26.3. The Bertz CT molecular complexity index is 1580. The van der Waals surface area contributed by atoms with Crippen LogP contribution < -0.4 is 4.90 Å². The van der Waals surface area contributed by atoms with Crippen molar-refractivity contribution < 1.29 is 23.2 Å². The zero-order chi connectivity index (χ0) is 28.1. The zero-order valence-corrected chi connectivity index (χ0v) is 24.0. The monoisotopic (exact) mass is 573 g/mol. The van der Waals surface area contributed by atoms with Crippen molar-refractivity contribution in [3.8, 4) is 22.5 Å². The number of anilines is 1. The smallest absolute Gasteiger partial charge is 0.337 e. The second kappa shape index (κ2) is 10.7. The molecule has 41 heavy (non-hydrogen) atoms. The van der Waals surface area contributed by atoms with Crippen LogP contribution in [0.25, 0.3) is 22.5 Å². The molecule has 0 spiro atoms. The summed E-state index contributed by atoms with van der Waals surface area (Å²) in [4.78, 5) is 19.0. The Hall–Kier alpha value is -3.56. The number of ether oxygens (including phenoxy) is 2. The molecule has 7 rings (SSSR count). The highest BCUT2D eigenvalue weighted by Gasteiger charge is 2.43. The topological polar surface area (TPSA) is 77.7 Å². The number of hydrogen-bond donors (Lipinski definition) is 0. The lowest BCUT2D eigenvalue weighted by Gasteiger charge is -2.38. The maximum absolute atomic E-state index is 14.9. The fourth-order valence-corrected chi connectivity index (χ4v) is 7.40. The van der Waals surface area contributed by atoms with Gasteiger partial charge in [0.15, 0.2) is 5.13 Å². The fraction of sp³-hybridized carbons (Fsp3) is 0.406. The summed E-state index contributed by atoms with van der Waals surface area (Å²) in [7, 11) is 1.28. The highest BCUT2D eigenvalue weighted by atomic mass is 32.1. The van der Waals surface area contributed by atoms with Crippen LogP contribution in [0.15, 0.2) is 52.4 Å². The maximum atomic E-state index is 14.9. The van der Waals surface area contributed by atoms with Crippen LogP contribution in [0.3, 0.4) is 0 Å². The molecule has 9 heteroatoms. The van der Waals surface area contributed by atoms with Gasteiger partial charge in [-0.15, -0.1) is 11.3 Å². The molecular weight excluding hydrogens is 541 g/mol. The summed E-state index contributed by atoms with van der Waals surface area (Å²) in [5, 5.41) is 7.31. The van der Waals surface area contributed by atoms with Gasteiger partial charge in [-0.1, -0.05) is 29.4 Å². The number of fused-ring (bicyclic) bond motifs is 2. The SMILES string of the molecule is COC(=O)c1ccc(-c2csc(N3[C@@H]4CC[C@H]3CC(OCc3c(-c5ccccc5C)noc3C3CC3)C4)n2)c(F)c1. The van der Waals surface area contributed by atoms with E-state index in [0.717, 1.165) is 66.2 Å². The minimum absolute atomic E-state index is 0.151. The van der Waals surface area contributed by atoms with E-state index in [4.69, 9.17) is 19.0 Å². The molecule has 3 atom stereocenters. The first-order valence-corrected chi connectivity index (χ1v) is 15.2. The van der Waals surface area contributed by atoms with E-state index >= 15 is 0 Å². The molecule has 2 aromatic heterocycles. The van der Waals surface area contributed by atoms with E-state index in [-0.39, 0.29) is 11.7 Å². The molecule has 212 valence electrons. The van der Waals surface area contributed by atoms with Gasteiger partial charge in [0.05, 0.1) is 31.1 Å². The number of aromatic nitrogens is 2. The van der Waals surface area contributed by atoms with Gasteiger partial charge in [-0.3, -0.25) is 0 Å². The van der Waals surface area contributed by atoms with Crippen molar-refractivity contribution in [2.45, 2.75) is 76.2 Å². The van der Waals surface area contributed by atoms with Gasteiger partial charge in [-0.25, -0.2) is 14.2 Å². The predicted octanol–water partition coefficient (Wildman–Crippen LogP) is 7.29. The number of carbonyl (C=O) groups excluding carboxylic acids is 1. The van der Waals surface area contributed by atoms with Crippen molar-refractivity contribution in [1.82, 2.24) is 10.1 Å².